The molecule has 1 aromatic rings. The Balaban J connectivity index is 0.00000392. The minimum absolute atomic E-state index is 0. The van der Waals surface area contributed by atoms with Crippen molar-refractivity contribution in [3.05, 3.63) is 29.8 Å². The highest BCUT2D eigenvalue weighted by Gasteiger charge is 2.25. The predicted octanol–water partition coefficient (Wildman–Crippen LogP) is 3.14. The number of benzene rings is 1. The largest absolute Gasteiger partial charge is 0.497 e. The van der Waals surface area contributed by atoms with E-state index in [-0.39, 0.29) is 35.3 Å². The van der Waals surface area contributed by atoms with Gasteiger partial charge in [0.25, 0.3) is 0 Å². The van der Waals surface area contributed by atoms with Gasteiger partial charge in [-0.1, -0.05) is 26.0 Å². The fraction of sp³-hybridized carbons (Fsp3) is 0.619. The number of nitrogens with zero attached hydrogens (tertiary/aromatic N) is 2. The van der Waals surface area contributed by atoms with Crippen LogP contribution < -0.4 is 15.8 Å². The van der Waals surface area contributed by atoms with Crippen molar-refractivity contribution in [2.75, 3.05) is 33.3 Å². The second kappa shape index (κ2) is 11.5. The number of guanidine groups is 1. The van der Waals surface area contributed by atoms with E-state index < -0.39 is 0 Å². The van der Waals surface area contributed by atoms with Crippen LogP contribution in [0.5, 0.6) is 5.75 Å². The predicted molar refractivity (Wildman–Crippen MR) is 126 cm³/mol. The molecule has 1 atom stereocenters. The van der Waals surface area contributed by atoms with E-state index in [2.05, 4.69) is 43.1 Å². The summed E-state index contributed by atoms with van der Waals surface area (Å²) in [6, 6.07) is 8.19. The molecular formula is C21H35IN4O2. The van der Waals surface area contributed by atoms with Crippen molar-refractivity contribution in [1.29, 1.82) is 0 Å². The Hall–Kier alpha value is -1.51. The Morgan fingerprint density at radius 3 is 2.61 bits per heavy atom. The van der Waals surface area contributed by atoms with Gasteiger partial charge in [-0.15, -0.1) is 24.0 Å². The molecule has 6 nitrogen and oxygen atoms in total. The standard InChI is InChI=1S/C21H34N4O2.HI/c1-5-23-20(25-12-6-7-16(14-25)13-19(22)26)24-15-21(2,3)17-8-10-18(27-4)11-9-17;/h8-11,16H,5-7,12-15H2,1-4H3,(H2,22,26)(H,23,24);1H. The van der Waals surface area contributed by atoms with Gasteiger partial charge < -0.3 is 20.7 Å². The maximum Gasteiger partial charge on any atom is 0.217 e. The molecule has 1 aliphatic rings. The Bertz CT molecular complexity index is 646. The second-order valence-corrected chi connectivity index (χ2v) is 7.91. The van der Waals surface area contributed by atoms with Gasteiger partial charge in [-0.2, -0.15) is 0 Å². The van der Waals surface area contributed by atoms with Crippen LogP contribution in [-0.4, -0.2) is 50.1 Å². The molecule has 0 bridgehead atoms. The first-order chi connectivity index (χ1) is 12.9. The van der Waals surface area contributed by atoms with Crippen molar-refractivity contribution < 1.29 is 9.53 Å². The fourth-order valence-corrected chi connectivity index (χ4v) is 3.54. The number of hydrogen-bond acceptors (Lipinski definition) is 3. The smallest absolute Gasteiger partial charge is 0.217 e. The van der Waals surface area contributed by atoms with Gasteiger partial charge in [0, 0.05) is 31.5 Å². The zero-order valence-corrected chi connectivity index (χ0v) is 19.9. The normalized spacial score (nSPS) is 17.6. The molecule has 1 amide bonds. The molecule has 0 spiro atoms. The Kier molecular flexibility index (Phi) is 10.1. The van der Waals surface area contributed by atoms with E-state index in [0.717, 1.165) is 44.2 Å². The van der Waals surface area contributed by atoms with Gasteiger partial charge in [-0.25, -0.2) is 0 Å². The summed E-state index contributed by atoms with van der Waals surface area (Å²) in [6.45, 7) is 9.77. The van der Waals surface area contributed by atoms with E-state index in [1.54, 1.807) is 7.11 Å². The molecule has 0 saturated carbocycles. The third-order valence-corrected chi connectivity index (χ3v) is 5.14. The molecular weight excluding hydrogens is 467 g/mol. The van der Waals surface area contributed by atoms with Gasteiger partial charge in [0.1, 0.15) is 5.75 Å². The molecule has 158 valence electrons. The maximum atomic E-state index is 11.3. The fourth-order valence-electron chi connectivity index (χ4n) is 3.54. The van der Waals surface area contributed by atoms with Crippen LogP contribution in [0.2, 0.25) is 0 Å². The average Bonchev–Trinajstić information content (AvgIpc) is 2.65. The lowest BCUT2D eigenvalue weighted by molar-refractivity contribution is -0.119. The number of carbonyl (C=O) groups excluding carboxylic acids is 1. The zero-order valence-electron chi connectivity index (χ0n) is 17.5. The number of nitrogens with two attached hydrogens (primary N) is 1. The molecule has 1 unspecified atom stereocenters. The van der Waals surface area contributed by atoms with Crippen LogP contribution in [0.3, 0.4) is 0 Å². The van der Waals surface area contributed by atoms with Crippen molar-refractivity contribution in [3.8, 4) is 5.75 Å². The van der Waals surface area contributed by atoms with E-state index >= 15 is 0 Å². The first-order valence-electron chi connectivity index (χ1n) is 9.81. The summed E-state index contributed by atoms with van der Waals surface area (Å²) in [6.07, 6.45) is 2.56. The lowest BCUT2D eigenvalue weighted by atomic mass is 9.85. The van der Waals surface area contributed by atoms with Crippen LogP contribution >= 0.6 is 24.0 Å². The van der Waals surface area contributed by atoms with E-state index in [4.69, 9.17) is 15.5 Å². The number of ether oxygens (including phenoxy) is 1. The Morgan fingerprint density at radius 1 is 1.36 bits per heavy atom. The summed E-state index contributed by atoms with van der Waals surface area (Å²) in [5.41, 5.74) is 6.53. The first kappa shape index (κ1) is 24.5. The minimum Gasteiger partial charge on any atom is -0.497 e. The molecule has 0 radical (unpaired) electrons. The number of piperidine rings is 1. The molecule has 3 N–H and O–H groups in total. The first-order valence-corrected chi connectivity index (χ1v) is 9.81. The molecule has 7 heteroatoms. The van der Waals surface area contributed by atoms with Crippen molar-refractivity contribution in [2.45, 2.75) is 45.4 Å². The summed E-state index contributed by atoms with van der Waals surface area (Å²) in [4.78, 5) is 18.5. The lowest BCUT2D eigenvalue weighted by Crippen LogP contribution is -2.47. The van der Waals surface area contributed by atoms with Gasteiger partial charge in [0.2, 0.25) is 5.91 Å². The molecule has 0 aliphatic carbocycles. The summed E-state index contributed by atoms with van der Waals surface area (Å²) in [7, 11) is 1.68. The maximum absolute atomic E-state index is 11.3. The summed E-state index contributed by atoms with van der Waals surface area (Å²) in [5, 5.41) is 3.41. The van der Waals surface area contributed by atoms with E-state index in [1.807, 2.05) is 12.1 Å². The number of aliphatic imine (C=N–C) groups is 1. The number of primary amides is 1. The highest BCUT2D eigenvalue weighted by molar-refractivity contribution is 14.0. The molecule has 1 aromatic carbocycles. The Morgan fingerprint density at radius 2 is 2.04 bits per heavy atom. The number of likely N-dealkylation sites (tertiary alicyclic amines) is 1. The number of rotatable bonds is 7. The topological polar surface area (TPSA) is 80.0 Å². The third kappa shape index (κ3) is 7.14. The number of amides is 1. The Labute approximate surface area is 186 Å². The quantitative estimate of drug-likeness (QED) is 0.341. The highest BCUT2D eigenvalue weighted by atomic mass is 127. The van der Waals surface area contributed by atoms with Gasteiger partial charge in [0.05, 0.1) is 13.7 Å². The van der Waals surface area contributed by atoms with Crippen molar-refractivity contribution >= 4 is 35.8 Å². The minimum atomic E-state index is -0.218. The number of methoxy groups -OCH3 is 1. The molecule has 1 aliphatic heterocycles. The lowest BCUT2D eigenvalue weighted by Gasteiger charge is -2.35. The van der Waals surface area contributed by atoms with Crippen LogP contribution in [0.15, 0.2) is 29.3 Å². The zero-order chi connectivity index (χ0) is 19.9. The van der Waals surface area contributed by atoms with Crippen LogP contribution in [0.25, 0.3) is 0 Å². The number of hydrogen-bond donors (Lipinski definition) is 2. The van der Waals surface area contributed by atoms with Crippen molar-refractivity contribution in [2.24, 2.45) is 16.6 Å². The van der Waals surface area contributed by atoms with E-state index in [9.17, 15) is 4.79 Å². The summed E-state index contributed by atoms with van der Waals surface area (Å²) in [5.74, 6) is 1.88. The third-order valence-electron chi connectivity index (χ3n) is 5.14. The van der Waals surface area contributed by atoms with Gasteiger partial charge in [0.15, 0.2) is 5.96 Å². The SMILES string of the molecule is CCNC(=NCC(C)(C)c1ccc(OC)cc1)N1CCCC(CC(N)=O)C1.I. The van der Waals surface area contributed by atoms with Crippen LogP contribution in [0.4, 0.5) is 0 Å². The van der Waals surface area contributed by atoms with Gasteiger partial charge >= 0.3 is 0 Å². The van der Waals surface area contributed by atoms with Crippen LogP contribution in [0.1, 0.15) is 45.6 Å². The average molecular weight is 502 g/mol. The second-order valence-electron chi connectivity index (χ2n) is 7.91. The van der Waals surface area contributed by atoms with Gasteiger partial charge in [-0.3, -0.25) is 9.79 Å². The molecule has 28 heavy (non-hydrogen) atoms. The van der Waals surface area contributed by atoms with E-state index in [0.29, 0.717) is 18.9 Å². The van der Waals surface area contributed by atoms with Gasteiger partial charge in [-0.05, 0) is 43.4 Å². The van der Waals surface area contributed by atoms with Crippen molar-refractivity contribution in [3.63, 3.8) is 0 Å². The number of halogens is 1. The number of carbonyl (C=O) groups is 1. The van der Waals surface area contributed by atoms with Crippen molar-refractivity contribution in [1.82, 2.24) is 10.2 Å². The van der Waals surface area contributed by atoms with Crippen LogP contribution in [-0.2, 0) is 10.2 Å². The number of nitrogens with one attached hydrogen (secondary N) is 1. The van der Waals surface area contributed by atoms with E-state index in [1.165, 1.54) is 5.56 Å². The summed E-state index contributed by atoms with van der Waals surface area (Å²) >= 11 is 0. The molecule has 0 aromatic heterocycles. The molecule has 1 saturated heterocycles. The molecule has 1 fully saturated rings. The highest BCUT2D eigenvalue weighted by Crippen LogP contribution is 2.26. The molecule has 1 heterocycles. The van der Waals surface area contributed by atoms with Crippen LogP contribution in [0, 0.1) is 5.92 Å². The summed E-state index contributed by atoms with van der Waals surface area (Å²) < 4.78 is 5.25. The monoisotopic (exact) mass is 502 g/mol. The molecule has 2 rings (SSSR count).